The quantitative estimate of drug-likeness (QED) is 0.362. The van der Waals surface area contributed by atoms with Crippen molar-refractivity contribution in [2.45, 2.75) is 56.8 Å². The molecule has 0 fully saturated rings. The SMILES string of the molecule is CCCCCCCCc1ccc(Oc2cc([O-])cc(S(=O)(=O)O)c2)cc1.[K+]. The summed E-state index contributed by atoms with van der Waals surface area (Å²) in [5, 5.41) is 11.6. The monoisotopic (exact) mass is 416 g/mol. The summed E-state index contributed by atoms with van der Waals surface area (Å²) < 4.78 is 37.0. The first kappa shape index (κ1) is 24.6. The van der Waals surface area contributed by atoms with Gasteiger partial charge in [-0.15, -0.1) is 5.75 Å². The summed E-state index contributed by atoms with van der Waals surface area (Å²) >= 11 is 0. The number of benzene rings is 2. The Morgan fingerprint density at radius 2 is 1.56 bits per heavy atom. The van der Waals surface area contributed by atoms with E-state index in [-0.39, 0.29) is 57.1 Å². The van der Waals surface area contributed by atoms with Crippen molar-refractivity contribution in [2.24, 2.45) is 0 Å². The number of hydrogen-bond donors (Lipinski definition) is 1. The summed E-state index contributed by atoms with van der Waals surface area (Å²) in [4.78, 5) is -0.473. The Balaban J connectivity index is 0.00000364. The van der Waals surface area contributed by atoms with Crippen LogP contribution in [-0.4, -0.2) is 13.0 Å². The molecule has 0 bridgehead atoms. The topological polar surface area (TPSA) is 86.7 Å². The molecule has 0 aliphatic carbocycles. The largest absolute Gasteiger partial charge is 1.00 e. The van der Waals surface area contributed by atoms with Crippen molar-refractivity contribution in [2.75, 3.05) is 0 Å². The minimum absolute atomic E-state index is 0. The minimum atomic E-state index is -4.45. The van der Waals surface area contributed by atoms with Gasteiger partial charge in [0.2, 0.25) is 0 Å². The molecule has 2 aromatic carbocycles. The Hall–Kier alpha value is -0.414. The van der Waals surface area contributed by atoms with Crippen molar-refractivity contribution < 1.29 is 74.2 Å². The predicted octanol–water partition coefficient (Wildman–Crippen LogP) is 1.71. The third-order valence-corrected chi connectivity index (χ3v) is 4.96. The van der Waals surface area contributed by atoms with E-state index in [1.54, 1.807) is 12.1 Å². The molecule has 2 rings (SSSR count). The number of hydrogen-bond acceptors (Lipinski definition) is 4. The van der Waals surface area contributed by atoms with Crippen LogP contribution in [0.1, 0.15) is 51.0 Å². The van der Waals surface area contributed by atoms with Gasteiger partial charge in [-0.3, -0.25) is 4.55 Å². The zero-order valence-corrected chi connectivity index (χ0v) is 19.9. The van der Waals surface area contributed by atoms with E-state index in [2.05, 4.69) is 6.92 Å². The molecule has 0 saturated carbocycles. The van der Waals surface area contributed by atoms with Gasteiger partial charge in [-0.25, -0.2) is 0 Å². The van der Waals surface area contributed by atoms with E-state index in [1.807, 2.05) is 12.1 Å². The molecule has 0 unspecified atom stereocenters. The normalized spacial score (nSPS) is 11.0. The van der Waals surface area contributed by atoms with Crippen LogP contribution in [-0.2, 0) is 16.5 Å². The fourth-order valence-corrected chi connectivity index (χ4v) is 3.25. The molecule has 7 heteroatoms. The zero-order valence-electron chi connectivity index (χ0n) is 16.0. The Morgan fingerprint density at radius 1 is 0.926 bits per heavy atom. The number of rotatable bonds is 10. The van der Waals surface area contributed by atoms with E-state index in [1.165, 1.54) is 43.7 Å². The van der Waals surface area contributed by atoms with Crippen LogP contribution < -0.4 is 61.2 Å². The van der Waals surface area contributed by atoms with Gasteiger partial charge in [0.15, 0.2) is 0 Å². The summed E-state index contributed by atoms with van der Waals surface area (Å²) in [5.74, 6) is 0.0344. The molecule has 2 aromatic rings. The Kier molecular flexibility index (Phi) is 11.1. The van der Waals surface area contributed by atoms with E-state index >= 15 is 0 Å². The standard InChI is InChI=1S/C20H26O5S.K/c1-2-3-4-5-6-7-8-16-9-11-18(12-10-16)25-19-13-17(21)14-20(15-19)26(22,23)24;/h9-15,21H,2-8H2,1H3,(H,22,23,24);/q;+1/p-1. The molecule has 27 heavy (non-hydrogen) atoms. The average molecular weight is 417 g/mol. The van der Waals surface area contributed by atoms with Crippen LogP contribution in [0.5, 0.6) is 17.2 Å². The Morgan fingerprint density at radius 3 is 2.19 bits per heavy atom. The van der Waals surface area contributed by atoms with Gasteiger partial charge >= 0.3 is 51.4 Å². The van der Waals surface area contributed by atoms with Crippen molar-refractivity contribution in [3.05, 3.63) is 48.0 Å². The molecule has 5 nitrogen and oxygen atoms in total. The maximum Gasteiger partial charge on any atom is 1.00 e. The first-order chi connectivity index (χ1) is 12.4. The summed E-state index contributed by atoms with van der Waals surface area (Å²) in [7, 11) is -4.45. The molecule has 0 aliphatic heterocycles. The van der Waals surface area contributed by atoms with E-state index in [0.29, 0.717) is 5.75 Å². The third kappa shape index (κ3) is 9.08. The summed E-state index contributed by atoms with van der Waals surface area (Å²) in [5.41, 5.74) is 1.21. The number of unbranched alkanes of at least 4 members (excludes halogenated alkanes) is 5. The third-order valence-electron chi connectivity index (χ3n) is 4.13. The number of aryl methyl sites for hydroxylation is 1. The van der Waals surface area contributed by atoms with E-state index in [0.717, 1.165) is 25.0 Å². The smallest absolute Gasteiger partial charge is 0.872 e. The first-order valence-corrected chi connectivity index (χ1v) is 10.4. The van der Waals surface area contributed by atoms with E-state index < -0.39 is 20.8 Å². The molecule has 142 valence electrons. The van der Waals surface area contributed by atoms with Gasteiger partial charge < -0.3 is 9.84 Å². The predicted molar refractivity (Wildman–Crippen MR) is 99.3 cm³/mol. The van der Waals surface area contributed by atoms with Crippen molar-refractivity contribution in [1.82, 2.24) is 0 Å². The van der Waals surface area contributed by atoms with Crippen molar-refractivity contribution >= 4 is 10.1 Å². The van der Waals surface area contributed by atoms with Crippen LogP contribution in [0.3, 0.4) is 0 Å². The van der Waals surface area contributed by atoms with Crippen LogP contribution in [0.2, 0.25) is 0 Å². The molecule has 0 radical (unpaired) electrons. The molecule has 0 aliphatic rings. The van der Waals surface area contributed by atoms with Crippen LogP contribution in [0.25, 0.3) is 0 Å². The summed E-state index contributed by atoms with van der Waals surface area (Å²) in [6.07, 6.45) is 8.52. The first-order valence-electron chi connectivity index (χ1n) is 8.95. The fraction of sp³-hybridized carbons (Fsp3) is 0.400. The molecule has 0 spiro atoms. The van der Waals surface area contributed by atoms with Crippen LogP contribution >= 0.6 is 0 Å². The van der Waals surface area contributed by atoms with E-state index in [9.17, 15) is 13.5 Å². The van der Waals surface area contributed by atoms with Gasteiger partial charge in [0.25, 0.3) is 10.1 Å². The molecule has 1 N–H and O–H groups in total. The van der Waals surface area contributed by atoms with Gasteiger partial charge in [0, 0.05) is 6.07 Å². The van der Waals surface area contributed by atoms with Gasteiger partial charge in [-0.1, -0.05) is 51.2 Å². The maximum atomic E-state index is 11.6. The molecular formula is C20H25KO5S. The van der Waals surface area contributed by atoms with Gasteiger partial charge in [0.1, 0.15) is 11.5 Å². The Bertz CT molecular complexity index is 804. The second kappa shape index (κ2) is 12.2. The molecule has 0 amide bonds. The van der Waals surface area contributed by atoms with Crippen molar-refractivity contribution in [1.29, 1.82) is 0 Å². The molecular weight excluding hydrogens is 391 g/mol. The summed E-state index contributed by atoms with van der Waals surface area (Å²) in [6.45, 7) is 2.21. The fourth-order valence-electron chi connectivity index (χ4n) is 2.72. The van der Waals surface area contributed by atoms with Crippen molar-refractivity contribution in [3.8, 4) is 17.2 Å². The van der Waals surface area contributed by atoms with Crippen molar-refractivity contribution in [3.63, 3.8) is 0 Å². The van der Waals surface area contributed by atoms with Gasteiger partial charge in [-0.05, 0) is 42.7 Å². The van der Waals surface area contributed by atoms with Gasteiger partial charge in [-0.2, -0.15) is 8.42 Å². The van der Waals surface area contributed by atoms with Gasteiger partial charge in [0.05, 0.1) is 4.90 Å². The number of ether oxygens (including phenoxy) is 1. The van der Waals surface area contributed by atoms with Crippen LogP contribution in [0.15, 0.2) is 47.4 Å². The Labute approximate surface area is 204 Å². The maximum absolute atomic E-state index is 11.6. The van der Waals surface area contributed by atoms with Crippen LogP contribution in [0.4, 0.5) is 0 Å². The molecule has 0 heterocycles. The van der Waals surface area contributed by atoms with E-state index in [4.69, 9.17) is 9.29 Å². The average Bonchev–Trinajstić information content (AvgIpc) is 2.58. The van der Waals surface area contributed by atoms with Crippen LogP contribution in [0, 0.1) is 0 Å². The zero-order chi connectivity index (χ0) is 19.0. The second-order valence-electron chi connectivity index (χ2n) is 6.38. The molecule has 0 aromatic heterocycles. The minimum Gasteiger partial charge on any atom is -0.872 e. The molecule has 0 atom stereocenters. The summed E-state index contributed by atoms with van der Waals surface area (Å²) in [6, 6.07) is 10.7. The molecule has 0 saturated heterocycles. The second-order valence-corrected chi connectivity index (χ2v) is 7.80.